The lowest BCUT2D eigenvalue weighted by Gasteiger charge is -2.33. The van der Waals surface area contributed by atoms with Crippen molar-refractivity contribution in [3.8, 4) is 5.75 Å². The predicted octanol–water partition coefficient (Wildman–Crippen LogP) is 5.16. The SMILES string of the molecule is CCCCC[C@@H](CC[C@@H]1[C@H]2Cc3cccc(OCC(=O)O)c3C[C@H]2C[C@H]1OC(=O)OC)OC(=O)OC. The number of hydrogen-bond acceptors (Lipinski definition) is 8. The Morgan fingerprint density at radius 1 is 1.06 bits per heavy atom. The van der Waals surface area contributed by atoms with Crippen LogP contribution in [0, 0.1) is 17.8 Å². The van der Waals surface area contributed by atoms with Gasteiger partial charge in [0.25, 0.3) is 0 Å². The molecule has 0 aliphatic heterocycles. The van der Waals surface area contributed by atoms with Crippen LogP contribution >= 0.6 is 0 Å². The van der Waals surface area contributed by atoms with E-state index in [9.17, 15) is 14.4 Å². The Balaban J connectivity index is 1.76. The normalized spacial score (nSPS) is 23.1. The number of carbonyl (C=O) groups is 3. The van der Waals surface area contributed by atoms with E-state index in [0.29, 0.717) is 18.6 Å². The number of carboxylic acids is 1. The highest BCUT2D eigenvalue weighted by Crippen LogP contribution is 2.49. The maximum atomic E-state index is 12.0. The van der Waals surface area contributed by atoms with E-state index in [2.05, 4.69) is 13.0 Å². The van der Waals surface area contributed by atoms with Gasteiger partial charge in [0, 0.05) is 0 Å². The number of fused-ring (bicyclic) bond motifs is 2. The number of carbonyl (C=O) groups excluding carboxylic acids is 2. The highest BCUT2D eigenvalue weighted by atomic mass is 16.7. The topological polar surface area (TPSA) is 118 Å². The van der Waals surface area contributed by atoms with E-state index >= 15 is 0 Å². The Bertz CT molecular complexity index is 899. The van der Waals surface area contributed by atoms with Crippen molar-refractivity contribution >= 4 is 18.3 Å². The summed E-state index contributed by atoms with van der Waals surface area (Å²) in [6.07, 6.45) is 5.52. The Hall–Kier alpha value is -2.97. The van der Waals surface area contributed by atoms with Gasteiger partial charge >= 0.3 is 18.3 Å². The van der Waals surface area contributed by atoms with E-state index in [4.69, 9.17) is 28.8 Å². The molecule has 9 heteroatoms. The molecule has 200 valence electrons. The van der Waals surface area contributed by atoms with Crippen LogP contribution in [0.1, 0.15) is 63.0 Å². The van der Waals surface area contributed by atoms with Gasteiger partial charge in [0.15, 0.2) is 6.61 Å². The molecule has 1 aromatic carbocycles. The molecule has 0 unspecified atom stereocenters. The fraction of sp³-hybridized carbons (Fsp3) is 0.667. The first-order valence-electron chi connectivity index (χ1n) is 12.8. The summed E-state index contributed by atoms with van der Waals surface area (Å²) in [7, 11) is 2.61. The highest BCUT2D eigenvalue weighted by molar-refractivity contribution is 5.68. The molecule has 0 spiro atoms. The molecular formula is C27H38O9. The van der Waals surface area contributed by atoms with Gasteiger partial charge in [0.05, 0.1) is 14.2 Å². The molecule has 36 heavy (non-hydrogen) atoms. The molecule has 1 saturated carbocycles. The average Bonchev–Trinajstić information content (AvgIpc) is 3.19. The van der Waals surface area contributed by atoms with Gasteiger partial charge in [-0.15, -0.1) is 0 Å². The Morgan fingerprint density at radius 3 is 2.53 bits per heavy atom. The largest absolute Gasteiger partial charge is 0.508 e. The van der Waals surface area contributed by atoms with Crippen molar-refractivity contribution < 1.29 is 43.2 Å². The van der Waals surface area contributed by atoms with Crippen molar-refractivity contribution in [3.63, 3.8) is 0 Å². The quantitative estimate of drug-likeness (QED) is 0.303. The Labute approximate surface area is 212 Å². The van der Waals surface area contributed by atoms with E-state index in [1.165, 1.54) is 14.2 Å². The second-order valence-electron chi connectivity index (χ2n) is 9.69. The summed E-state index contributed by atoms with van der Waals surface area (Å²) in [5.74, 6) is 0.199. The molecule has 2 aliphatic carbocycles. The maximum absolute atomic E-state index is 12.0. The number of benzene rings is 1. The minimum atomic E-state index is -1.02. The molecule has 3 rings (SSSR count). The zero-order valence-electron chi connectivity index (χ0n) is 21.4. The van der Waals surface area contributed by atoms with Crippen molar-refractivity contribution in [1.82, 2.24) is 0 Å². The second-order valence-corrected chi connectivity index (χ2v) is 9.69. The number of unbranched alkanes of at least 4 members (excludes halogenated alkanes) is 2. The van der Waals surface area contributed by atoms with Gasteiger partial charge in [-0.3, -0.25) is 0 Å². The number of hydrogen-bond donors (Lipinski definition) is 1. The molecular weight excluding hydrogens is 468 g/mol. The molecule has 0 heterocycles. The molecule has 2 aliphatic rings. The van der Waals surface area contributed by atoms with Crippen LogP contribution < -0.4 is 4.74 Å². The summed E-state index contributed by atoms with van der Waals surface area (Å²) in [4.78, 5) is 34.9. The Morgan fingerprint density at radius 2 is 1.83 bits per heavy atom. The zero-order chi connectivity index (χ0) is 26.1. The van der Waals surface area contributed by atoms with Crippen LogP contribution in [-0.4, -0.2) is 56.4 Å². The summed E-state index contributed by atoms with van der Waals surface area (Å²) in [6, 6.07) is 5.75. The van der Waals surface area contributed by atoms with E-state index in [-0.39, 0.29) is 36.6 Å². The molecule has 0 bridgehead atoms. The van der Waals surface area contributed by atoms with Crippen LogP contribution in [0.5, 0.6) is 5.75 Å². The summed E-state index contributed by atoms with van der Waals surface area (Å²) < 4.78 is 26.3. The number of carboxylic acid groups (broad SMARTS) is 1. The first-order chi connectivity index (χ1) is 17.4. The third-order valence-corrected chi connectivity index (χ3v) is 7.47. The van der Waals surface area contributed by atoms with Gasteiger partial charge < -0.3 is 28.8 Å². The monoisotopic (exact) mass is 506 g/mol. The molecule has 5 atom stereocenters. The minimum absolute atomic E-state index is 0.0840. The first-order valence-corrected chi connectivity index (χ1v) is 12.8. The van der Waals surface area contributed by atoms with Gasteiger partial charge in [-0.2, -0.15) is 0 Å². The zero-order valence-corrected chi connectivity index (χ0v) is 21.4. The third-order valence-electron chi connectivity index (χ3n) is 7.47. The fourth-order valence-electron chi connectivity index (χ4n) is 5.80. The number of ether oxygens (including phenoxy) is 5. The van der Waals surface area contributed by atoms with Gasteiger partial charge in [0.1, 0.15) is 18.0 Å². The van der Waals surface area contributed by atoms with Crippen LogP contribution in [-0.2, 0) is 36.6 Å². The molecule has 9 nitrogen and oxygen atoms in total. The lowest BCUT2D eigenvalue weighted by atomic mass is 9.73. The van der Waals surface area contributed by atoms with Gasteiger partial charge in [-0.25, -0.2) is 14.4 Å². The van der Waals surface area contributed by atoms with Crippen molar-refractivity contribution in [1.29, 1.82) is 0 Å². The van der Waals surface area contributed by atoms with Crippen molar-refractivity contribution in [2.45, 2.75) is 76.9 Å². The number of methoxy groups -OCH3 is 2. The van der Waals surface area contributed by atoms with Crippen molar-refractivity contribution in [2.75, 3.05) is 20.8 Å². The smallest absolute Gasteiger partial charge is 0.482 e. The molecule has 1 N–H and O–H groups in total. The summed E-state index contributed by atoms with van der Waals surface area (Å²) in [5.41, 5.74) is 2.16. The van der Waals surface area contributed by atoms with E-state index in [1.807, 2.05) is 12.1 Å². The van der Waals surface area contributed by atoms with Crippen LogP contribution in [0.25, 0.3) is 0 Å². The maximum Gasteiger partial charge on any atom is 0.508 e. The van der Waals surface area contributed by atoms with Gasteiger partial charge in [-0.05, 0) is 79.9 Å². The third kappa shape index (κ3) is 7.27. The van der Waals surface area contributed by atoms with E-state index < -0.39 is 18.3 Å². The molecule has 0 radical (unpaired) electrons. The van der Waals surface area contributed by atoms with Crippen LogP contribution in [0.2, 0.25) is 0 Å². The van der Waals surface area contributed by atoms with Gasteiger partial charge in [-0.1, -0.05) is 31.9 Å². The lowest BCUT2D eigenvalue weighted by Crippen LogP contribution is -2.30. The standard InChI is InChI=1S/C27H38O9/c1-4-5-6-9-19(35-26(30)32-2)11-12-20-21-13-17-8-7-10-23(34-16-25(28)29)22(17)14-18(21)15-24(20)36-27(31)33-3/h7-8,10,18-21,24H,4-6,9,11-16H2,1-3H3,(H,28,29)/t18-,19-,20+,21-,24+/m0/s1. The molecule has 0 aromatic heterocycles. The average molecular weight is 507 g/mol. The number of aliphatic carboxylic acids is 1. The number of rotatable bonds is 12. The second kappa shape index (κ2) is 13.4. The molecule has 0 amide bonds. The summed E-state index contributed by atoms with van der Waals surface area (Å²) >= 11 is 0. The van der Waals surface area contributed by atoms with Crippen molar-refractivity contribution in [2.24, 2.45) is 17.8 Å². The van der Waals surface area contributed by atoms with Crippen LogP contribution in [0.3, 0.4) is 0 Å². The van der Waals surface area contributed by atoms with E-state index in [0.717, 1.165) is 56.1 Å². The molecule has 1 aromatic rings. The van der Waals surface area contributed by atoms with Crippen LogP contribution in [0.15, 0.2) is 18.2 Å². The first kappa shape index (κ1) is 27.6. The van der Waals surface area contributed by atoms with Crippen molar-refractivity contribution in [3.05, 3.63) is 29.3 Å². The lowest BCUT2D eigenvalue weighted by molar-refractivity contribution is -0.139. The minimum Gasteiger partial charge on any atom is -0.482 e. The predicted molar refractivity (Wildman–Crippen MR) is 130 cm³/mol. The fourth-order valence-corrected chi connectivity index (χ4v) is 5.80. The molecule has 0 saturated heterocycles. The van der Waals surface area contributed by atoms with E-state index in [1.54, 1.807) is 0 Å². The highest BCUT2D eigenvalue weighted by Gasteiger charge is 2.47. The van der Waals surface area contributed by atoms with Gasteiger partial charge in [0.2, 0.25) is 0 Å². The Kier molecular flexibility index (Phi) is 10.3. The van der Waals surface area contributed by atoms with Crippen LogP contribution in [0.4, 0.5) is 9.59 Å². The summed E-state index contributed by atoms with van der Waals surface area (Å²) in [6.45, 7) is 1.74. The molecule has 1 fully saturated rings. The summed E-state index contributed by atoms with van der Waals surface area (Å²) in [5, 5.41) is 9.02.